The number of imidazole rings is 1. The second-order valence-electron chi connectivity index (χ2n) is 8.31. The van der Waals surface area contributed by atoms with Crippen molar-refractivity contribution in [2.75, 3.05) is 13.1 Å². The van der Waals surface area contributed by atoms with E-state index in [0.717, 1.165) is 12.8 Å². The molecule has 3 N–H and O–H groups in total. The van der Waals surface area contributed by atoms with Crippen molar-refractivity contribution in [2.24, 2.45) is 5.92 Å². The number of carbonyl (C=O) groups is 2. The summed E-state index contributed by atoms with van der Waals surface area (Å²) < 4.78 is 33.6. The number of nitrogens with one attached hydrogen (secondary N) is 1. The number of nitrogens with zero attached hydrogens (tertiary/aromatic N) is 3. The number of rotatable bonds is 12. The van der Waals surface area contributed by atoms with Gasteiger partial charge in [-0.05, 0) is 36.5 Å². The fourth-order valence-electron chi connectivity index (χ4n) is 3.28. The van der Waals surface area contributed by atoms with Gasteiger partial charge in [0.15, 0.2) is 0 Å². The molecule has 2 amide bonds. The number of hydrogen-bond acceptors (Lipinski definition) is 6. The predicted molar refractivity (Wildman–Crippen MR) is 121 cm³/mol. The molecule has 1 aromatic heterocycles. The van der Waals surface area contributed by atoms with Gasteiger partial charge >= 0.3 is 0 Å². The predicted octanol–water partition coefficient (Wildman–Crippen LogP) is 2.51. The fourth-order valence-corrected chi connectivity index (χ4v) is 3.76. The van der Waals surface area contributed by atoms with Crippen LogP contribution in [0.5, 0.6) is 0 Å². The SMILES string of the molecule is CCCCc1ncc(C(=O)N(CCC(C)C)CC(=O)NO)n1Cc1ccc(S(=O)(=O)O)cc1. The lowest BCUT2D eigenvalue weighted by Gasteiger charge is -2.23. The summed E-state index contributed by atoms with van der Waals surface area (Å²) in [6.07, 6.45) is 4.63. The Morgan fingerprint density at radius 2 is 1.88 bits per heavy atom. The summed E-state index contributed by atoms with van der Waals surface area (Å²) in [6, 6.07) is 5.73. The van der Waals surface area contributed by atoms with E-state index in [4.69, 9.17) is 5.21 Å². The van der Waals surface area contributed by atoms with Gasteiger partial charge in [0, 0.05) is 19.5 Å². The van der Waals surface area contributed by atoms with Gasteiger partial charge in [0.05, 0.1) is 11.1 Å². The van der Waals surface area contributed by atoms with E-state index in [0.29, 0.717) is 42.4 Å². The largest absolute Gasteiger partial charge is 0.328 e. The minimum absolute atomic E-state index is 0.214. The number of hydrogen-bond donors (Lipinski definition) is 3. The monoisotopic (exact) mass is 480 g/mol. The first-order valence-corrected chi connectivity index (χ1v) is 12.3. The van der Waals surface area contributed by atoms with Gasteiger partial charge in [-0.1, -0.05) is 39.3 Å². The van der Waals surface area contributed by atoms with E-state index >= 15 is 0 Å². The first-order valence-electron chi connectivity index (χ1n) is 10.9. The summed E-state index contributed by atoms with van der Waals surface area (Å²) in [6.45, 7) is 6.38. The topological polar surface area (TPSA) is 142 Å². The summed E-state index contributed by atoms with van der Waals surface area (Å²) in [5, 5.41) is 8.93. The highest BCUT2D eigenvalue weighted by molar-refractivity contribution is 7.85. The molecular weight excluding hydrogens is 448 g/mol. The van der Waals surface area contributed by atoms with Gasteiger partial charge in [0.1, 0.15) is 18.1 Å². The van der Waals surface area contributed by atoms with Gasteiger partial charge in [-0.3, -0.25) is 19.3 Å². The number of aromatic nitrogens is 2. The number of benzene rings is 1. The Labute approximate surface area is 194 Å². The zero-order chi connectivity index (χ0) is 24.6. The maximum atomic E-state index is 13.4. The highest BCUT2D eigenvalue weighted by atomic mass is 32.2. The lowest BCUT2D eigenvalue weighted by molar-refractivity contribution is -0.129. The molecular formula is C22H32N4O6S. The van der Waals surface area contributed by atoms with Gasteiger partial charge in [0.25, 0.3) is 21.9 Å². The summed E-state index contributed by atoms with van der Waals surface area (Å²) >= 11 is 0. The van der Waals surface area contributed by atoms with Gasteiger partial charge in [-0.15, -0.1) is 0 Å². The Morgan fingerprint density at radius 3 is 2.42 bits per heavy atom. The van der Waals surface area contributed by atoms with E-state index < -0.39 is 16.0 Å². The normalized spacial score (nSPS) is 11.6. The third-order valence-electron chi connectivity index (χ3n) is 5.20. The molecule has 11 heteroatoms. The molecule has 0 fully saturated rings. The third-order valence-corrected chi connectivity index (χ3v) is 6.06. The summed E-state index contributed by atoms with van der Waals surface area (Å²) in [5.41, 5.74) is 2.59. The van der Waals surface area contributed by atoms with E-state index in [1.807, 2.05) is 13.8 Å². The molecule has 0 spiro atoms. The zero-order valence-corrected chi connectivity index (χ0v) is 20.0. The van der Waals surface area contributed by atoms with Crippen LogP contribution in [0.25, 0.3) is 0 Å². The van der Waals surface area contributed by atoms with Crippen LogP contribution in [0.1, 0.15) is 61.9 Å². The average molecular weight is 481 g/mol. The molecule has 0 saturated carbocycles. The standard InChI is InChI=1S/C22H32N4O6S/c1-4-5-6-20-23-13-19(22(28)25(12-11-16(2)3)15-21(27)24-29)26(20)14-17-7-9-18(10-8-17)33(30,31)32/h7-10,13,16,29H,4-6,11-12,14-15H2,1-3H3,(H,24,27)(H,30,31,32). The Hall–Kier alpha value is -2.76. The summed E-state index contributed by atoms with van der Waals surface area (Å²) in [7, 11) is -4.30. The van der Waals surface area contributed by atoms with Gasteiger partial charge < -0.3 is 9.47 Å². The first-order chi connectivity index (χ1) is 15.6. The van der Waals surface area contributed by atoms with Crippen LogP contribution in [0, 0.1) is 5.92 Å². The first kappa shape index (κ1) is 26.5. The van der Waals surface area contributed by atoms with Crippen molar-refractivity contribution >= 4 is 21.9 Å². The lowest BCUT2D eigenvalue weighted by atomic mass is 10.1. The quantitative estimate of drug-likeness (QED) is 0.241. The van der Waals surface area contributed by atoms with Crippen molar-refractivity contribution in [1.29, 1.82) is 0 Å². The van der Waals surface area contributed by atoms with E-state index in [-0.39, 0.29) is 23.9 Å². The molecule has 0 aliphatic heterocycles. The van der Waals surface area contributed by atoms with Crippen LogP contribution in [0.3, 0.4) is 0 Å². The van der Waals surface area contributed by atoms with E-state index in [1.165, 1.54) is 23.2 Å². The maximum absolute atomic E-state index is 13.4. The minimum Gasteiger partial charge on any atom is -0.328 e. The van der Waals surface area contributed by atoms with Gasteiger partial charge in [0.2, 0.25) is 0 Å². The van der Waals surface area contributed by atoms with Crippen LogP contribution in [-0.2, 0) is 27.9 Å². The van der Waals surface area contributed by atoms with Crippen molar-refractivity contribution in [3.8, 4) is 0 Å². The molecule has 0 bridgehead atoms. The maximum Gasteiger partial charge on any atom is 0.294 e. The Balaban J connectivity index is 2.39. The molecule has 0 aliphatic carbocycles. The average Bonchev–Trinajstić information content (AvgIpc) is 3.16. The molecule has 1 heterocycles. The molecule has 2 rings (SSSR count). The number of unbranched alkanes of at least 4 members (excludes halogenated alkanes) is 1. The third kappa shape index (κ3) is 7.65. The van der Waals surface area contributed by atoms with E-state index in [1.54, 1.807) is 22.2 Å². The van der Waals surface area contributed by atoms with Crippen LogP contribution in [0.15, 0.2) is 35.4 Å². The molecule has 2 aromatic rings. The van der Waals surface area contributed by atoms with Crippen molar-refractivity contribution in [2.45, 2.75) is 57.9 Å². The van der Waals surface area contributed by atoms with Crippen LogP contribution < -0.4 is 5.48 Å². The van der Waals surface area contributed by atoms with Crippen molar-refractivity contribution < 1.29 is 27.8 Å². The smallest absolute Gasteiger partial charge is 0.294 e. The minimum atomic E-state index is -4.30. The molecule has 0 unspecified atom stereocenters. The molecule has 0 radical (unpaired) electrons. The van der Waals surface area contributed by atoms with Crippen LogP contribution in [0.4, 0.5) is 0 Å². The van der Waals surface area contributed by atoms with Gasteiger partial charge in [-0.2, -0.15) is 8.42 Å². The van der Waals surface area contributed by atoms with Crippen LogP contribution in [0.2, 0.25) is 0 Å². The number of carbonyl (C=O) groups excluding carboxylic acids is 2. The van der Waals surface area contributed by atoms with Crippen molar-refractivity contribution in [3.05, 3.63) is 47.5 Å². The van der Waals surface area contributed by atoms with Crippen molar-refractivity contribution in [1.82, 2.24) is 19.9 Å². The number of hydroxylamine groups is 1. The fraction of sp³-hybridized carbons (Fsp3) is 0.500. The molecule has 10 nitrogen and oxygen atoms in total. The summed E-state index contributed by atoms with van der Waals surface area (Å²) in [5.74, 6) is -0.0625. The molecule has 0 saturated heterocycles. The van der Waals surface area contributed by atoms with Crippen LogP contribution >= 0.6 is 0 Å². The second kappa shape index (κ2) is 11.9. The van der Waals surface area contributed by atoms with Crippen LogP contribution in [-0.4, -0.2) is 57.5 Å². The zero-order valence-electron chi connectivity index (χ0n) is 19.2. The Kier molecular flexibility index (Phi) is 9.56. The summed E-state index contributed by atoms with van der Waals surface area (Å²) in [4.78, 5) is 30.8. The molecule has 0 aliphatic rings. The van der Waals surface area contributed by atoms with E-state index in [2.05, 4.69) is 11.9 Å². The molecule has 33 heavy (non-hydrogen) atoms. The lowest BCUT2D eigenvalue weighted by Crippen LogP contribution is -2.41. The highest BCUT2D eigenvalue weighted by Crippen LogP contribution is 2.17. The number of amides is 2. The molecule has 0 atom stereocenters. The molecule has 182 valence electrons. The number of aryl methyl sites for hydroxylation is 1. The Morgan fingerprint density at radius 1 is 1.21 bits per heavy atom. The van der Waals surface area contributed by atoms with E-state index in [9.17, 15) is 22.6 Å². The van der Waals surface area contributed by atoms with Gasteiger partial charge in [-0.25, -0.2) is 10.5 Å². The highest BCUT2D eigenvalue weighted by Gasteiger charge is 2.24. The second-order valence-corrected chi connectivity index (χ2v) is 9.73. The molecule has 1 aromatic carbocycles. The Bertz CT molecular complexity index is 1050. The van der Waals surface area contributed by atoms with Crippen molar-refractivity contribution in [3.63, 3.8) is 0 Å².